The van der Waals surface area contributed by atoms with Gasteiger partial charge < -0.3 is 4.74 Å². The molecule has 3 rings (SSSR count). The lowest BCUT2D eigenvalue weighted by atomic mass is 9.75. The highest BCUT2D eigenvalue weighted by Crippen LogP contribution is 2.38. The third-order valence-corrected chi connectivity index (χ3v) is 4.81. The van der Waals surface area contributed by atoms with Crippen LogP contribution in [-0.4, -0.2) is 11.8 Å². The van der Waals surface area contributed by atoms with Crippen molar-refractivity contribution in [1.29, 1.82) is 5.26 Å². The summed E-state index contributed by atoms with van der Waals surface area (Å²) in [5.74, 6) is -16.1. The average molecular weight is 409 g/mol. The van der Waals surface area contributed by atoms with Gasteiger partial charge in [0.15, 0.2) is 0 Å². The number of hydrogen-bond donors (Lipinski definition) is 0. The number of halogens is 5. The van der Waals surface area contributed by atoms with Gasteiger partial charge in [0.25, 0.3) is 0 Å². The van der Waals surface area contributed by atoms with Crippen molar-refractivity contribution < 1.29 is 36.3 Å². The van der Waals surface area contributed by atoms with Crippen LogP contribution in [0.4, 0.5) is 22.0 Å². The van der Waals surface area contributed by atoms with Crippen LogP contribution in [0.15, 0.2) is 24.3 Å². The van der Waals surface area contributed by atoms with E-state index in [2.05, 4.69) is 4.74 Å². The summed E-state index contributed by atoms with van der Waals surface area (Å²) in [5.41, 5.74) is 0.854. The van der Waals surface area contributed by atoms with E-state index in [0.717, 1.165) is 0 Å². The lowest BCUT2D eigenvalue weighted by Gasteiger charge is -2.29. The van der Waals surface area contributed by atoms with Crippen LogP contribution in [0.1, 0.15) is 36.3 Å². The Hall–Kier alpha value is -3.28. The van der Waals surface area contributed by atoms with Gasteiger partial charge in [-0.3, -0.25) is 9.59 Å². The highest BCUT2D eigenvalue weighted by atomic mass is 19.2. The van der Waals surface area contributed by atoms with Crippen LogP contribution < -0.4 is 4.74 Å². The van der Waals surface area contributed by atoms with Crippen LogP contribution in [-0.2, 0) is 9.59 Å². The van der Waals surface area contributed by atoms with Gasteiger partial charge in [0.1, 0.15) is 5.78 Å². The molecular weight excluding hydrogens is 397 g/mol. The SMILES string of the molecule is N#Cc1ccc([C@@H]2CC(=O)CC[C@H]2C(=O)Oc2c(F)c(F)c(F)c(F)c2F)cc1. The van der Waals surface area contributed by atoms with Gasteiger partial charge >= 0.3 is 5.97 Å². The fourth-order valence-corrected chi connectivity index (χ4v) is 3.30. The van der Waals surface area contributed by atoms with E-state index in [-0.39, 0.29) is 25.0 Å². The maximum absolute atomic E-state index is 13.8. The number of benzene rings is 2. The largest absolute Gasteiger partial charge is 0.420 e. The molecule has 9 heteroatoms. The minimum absolute atomic E-state index is 0.00362. The van der Waals surface area contributed by atoms with Crippen molar-refractivity contribution >= 4 is 11.8 Å². The van der Waals surface area contributed by atoms with Gasteiger partial charge in [-0.05, 0) is 24.1 Å². The van der Waals surface area contributed by atoms with Crippen LogP contribution in [0.5, 0.6) is 5.75 Å². The summed E-state index contributed by atoms with van der Waals surface area (Å²) in [6, 6.07) is 7.92. The number of nitrogens with zero attached hydrogens (tertiary/aromatic N) is 1. The molecule has 0 saturated heterocycles. The van der Waals surface area contributed by atoms with Crippen LogP contribution in [0.2, 0.25) is 0 Å². The Morgan fingerprint density at radius 1 is 0.966 bits per heavy atom. The fourth-order valence-electron chi connectivity index (χ4n) is 3.30. The predicted molar refractivity (Wildman–Crippen MR) is 88.1 cm³/mol. The van der Waals surface area contributed by atoms with Crippen molar-refractivity contribution in [3.8, 4) is 11.8 Å². The molecule has 1 fully saturated rings. The number of carbonyl (C=O) groups is 2. The molecule has 1 aliphatic rings. The molecule has 29 heavy (non-hydrogen) atoms. The van der Waals surface area contributed by atoms with Gasteiger partial charge in [-0.1, -0.05) is 12.1 Å². The molecule has 0 spiro atoms. The molecule has 0 bridgehead atoms. The van der Waals surface area contributed by atoms with Crippen LogP contribution >= 0.6 is 0 Å². The van der Waals surface area contributed by atoms with Crippen molar-refractivity contribution in [3.63, 3.8) is 0 Å². The first kappa shape index (κ1) is 20.5. The van der Waals surface area contributed by atoms with E-state index in [1.807, 2.05) is 6.07 Å². The predicted octanol–water partition coefficient (Wildman–Crippen LogP) is 4.31. The van der Waals surface area contributed by atoms with Gasteiger partial charge in [-0.2, -0.15) is 14.0 Å². The maximum Gasteiger partial charge on any atom is 0.315 e. The number of esters is 1. The van der Waals surface area contributed by atoms with Crippen LogP contribution in [0, 0.1) is 46.3 Å². The van der Waals surface area contributed by atoms with Crippen molar-refractivity contribution in [2.24, 2.45) is 5.92 Å². The second-order valence-electron chi connectivity index (χ2n) is 6.55. The summed E-state index contributed by atoms with van der Waals surface area (Å²) in [4.78, 5) is 24.4. The average Bonchev–Trinajstić information content (AvgIpc) is 2.73. The first-order valence-electron chi connectivity index (χ1n) is 8.49. The molecule has 150 valence electrons. The van der Waals surface area contributed by atoms with E-state index >= 15 is 0 Å². The Morgan fingerprint density at radius 3 is 2.07 bits per heavy atom. The third-order valence-electron chi connectivity index (χ3n) is 4.81. The minimum Gasteiger partial charge on any atom is -0.420 e. The number of nitriles is 1. The van der Waals surface area contributed by atoms with Crippen LogP contribution in [0.3, 0.4) is 0 Å². The van der Waals surface area contributed by atoms with Gasteiger partial charge in [-0.15, -0.1) is 0 Å². The summed E-state index contributed by atoms with van der Waals surface area (Å²) in [5, 5.41) is 8.86. The van der Waals surface area contributed by atoms with Crippen molar-refractivity contribution in [2.75, 3.05) is 0 Å². The highest BCUT2D eigenvalue weighted by Gasteiger charge is 2.38. The Balaban J connectivity index is 1.92. The summed E-state index contributed by atoms with van der Waals surface area (Å²) < 4.78 is 72.0. The number of Topliss-reactive ketones (excluding diaryl/α,β-unsaturated/α-hetero) is 1. The molecule has 0 unspecified atom stereocenters. The monoisotopic (exact) mass is 409 g/mol. The quantitative estimate of drug-likeness (QED) is 0.249. The maximum atomic E-state index is 13.8. The number of rotatable bonds is 3. The lowest BCUT2D eigenvalue weighted by Crippen LogP contribution is -2.33. The fraction of sp³-hybridized carbons (Fsp3) is 0.250. The molecule has 0 aromatic heterocycles. The van der Waals surface area contributed by atoms with E-state index in [4.69, 9.17) is 5.26 Å². The Labute approximate surface area is 161 Å². The van der Waals surface area contributed by atoms with Gasteiger partial charge in [0.05, 0.1) is 17.6 Å². The highest BCUT2D eigenvalue weighted by molar-refractivity contribution is 5.85. The van der Waals surface area contributed by atoms with Crippen molar-refractivity contribution in [3.05, 3.63) is 64.5 Å². The molecule has 2 aromatic rings. The Bertz CT molecular complexity index is 1000. The van der Waals surface area contributed by atoms with Crippen molar-refractivity contribution in [1.82, 2.24) is 0 Å². The number of ketones is 1. The first-order valence-corrected chi connectivity index (χ1v) is 8.49. The van der Waals surface area contributed by atoms with E-state index in [1.165, 1.54) is 24.3 Å². The van der Waals surface area contributed by atoms with E-state index in [9.17, 15) is 31.5 Å². The summed E-state index contributed by atoms with van der Waals surface area (Å²) in [6.07, 6.45) is -0.0792. The molecule has 0 radical (unpaired) electrons. The number of carbonyl (C=O) groups excluding carboxylic acids is 2. The van der Waals surface area contributed by atoms with Gasteiger partial charge in [-0.25, -0.2) is 13.2 Å². The standard InChI is InChI=1S/C20H12F5NO3/c21-14-15(22)17(24)19(18(25)16(14)23)29-20(28)12-6-5-11(27)7-13(12)10-3-1-9(8-26)2-4-10/h1-4,12-13H,5-7H2/t12-,13+/m1/s1. The molecule has 0 amide bonds. The molecular formula is C20H12F5NO3. The Morgan fingerprint density at radius 2 is 1.52 bits per heavy atom. The van der Waals surface area contributed by atoms with E-state index < -0.39 is 52.6 Å². The minimum atomic E-state index is -2.36. The summed E-state index contributed by atoms with van der Waals surface area (Å²) in [7, 11) is 0. The molecule has 0 heterocycles. The number of ether oxygens (including phenoxy) is 1. The second kappa shape index (κ2) is 7.99. The molecule has 2 aromatic carbocycles. The van der Waals surface area contributed by atoms with E-state index in [1.54, 1.807) is 0 Å². The molecule has 1 aliphatic carbocycles. The Kier molecular flexibility index (Phi) is 5.64. The van der Waals surface area contributed by atoms with E-state index in [0.29, 0.717) is 11.1 Å². The third kappa shape index (κ3) is 3.83. The zero-order valence-electron chi connectivity index (χ0n) is 14.6. The summed E-state index contributed by atoms with van der Waals surface area (Å²) >= 11 is 0. The molecule has 4 nitrogen and oxygen atoms in total. The first-order chi connectivity index (χ1) is 13.7. The molecule has 1 saturated carbocycles. The second-order valence-corrected chi connectivity index (χ2v) is 6.55. The molecule has 0 N–H and O–H groups in total. The smallest absolute Gasteiger partial charge is 0.315 e. The normalized spacial score (nSPS) is 19.0. The number of hydrogen-bond acceptors (Lipinski definition) is 4. The lowest BCUT2D eigenvalue weighted by molar-refractivity contribution is -0.142. The summed E-state index contributed by atoms with van der Waals surface area (Å²) in [6.45, 7) is 0. The van der Waals surface area contributed by atoms with Gasteiger partial charge in [0.2, 0.25) is 34.8 Å². The molecule has 2 atom stereocenters. The van der Waals surface area contributed by atoms with Crippen LogP contribution in [0.25, 0.3) is 0 Å². The van der Waals surface area contributed by atoms with Crippen molar-refractivity contribution in [2.45, 2.75) is 25.2 Å². The topological polar surface area (TPSA) is 67.2 Å². The zero-order chi connectivity index (χ0) is 21.3. The molecule has 0 aliphatic heterocycles. The van der Waals surface area contributed by atoms with Gasteiger partial charge in [0, 0.05) is 18.8 Å². The zero-order valence-corrected chi connectivity index (χ0v) is 14.6.